The van der Waals surface area contributed by atoms with Gasteiger partial charge in [-0.25, -0.2) is 0 Å². The maximum absolute atomic E-state index is 13.5. The Kier molecular flexibility index (Phi) is 6.97. The van der Waals surface area contributed by atoms with Crippen molar-refractivity contribution in [3.63, 3.8) is 0 Å². The van der Waals surface area contributed by atoms with E-state index in [0.29, 0.717) is 17.9 Å². The number of hydrogen-bond acceptors (Lipinski definition) is 6. The number of ketones is 1. The van der Waals surface area contributed by atoms with Crippen molar-refractivity contribution in [3.8, 4) is 0 Å². The molecule has 2 N–H and O–H groups in total. The average molecular weight is 484 g/mol. The molecule has 5 rings (SSSR count). The molecule has 0 aromatic heterocycles. The van der Waals surface area contributed by atoms with Crippen LogP contribution in [0.15, 0.2) is 24.3 Å². The largest absolute Gasteiger partial charge is 0.388 e. The Balaban J connectivity index is 1.24. The highest BCUT2D eigenvalue weighted by Gasteiger charge is 2.53. The summed E-state index contributed by atoms with van der Waals surface area (Å²) in [6.45, 7) is 6.12. The molecule has 3 saturated heterocycles. The predicted molar refractivity (Wildman–Crippen MR) is 130 cm³/mol. The lowest BCUT2D eigenvalue weighted by Gasteiger charge is -2.32. The fourth-order valence-electron chi connectivity index (χ4n) is 5.89. The minimum atomic E-state index is -0.896. The standard InChI is InChI=1S/C27H37N3O5/c1-3-16(2)23(27(34)30-14-21(31)25-24(30)22(32)15-35-25)28-26(33)19-6-4-17(5-7-19)18-10-12-29(13-11-18)20-8-9-20/h4-7,16,18,20-21,23-25,31H,3,8-15H2,1-2H3,(H,28,33)/t16-,21-,23-,24+,25+/m0/s1. The molecule has 190 valence electrons. The van der Waals surface area contributed by atoms with E-state index in [2.05, 4.69) is 10.2 Å². The lowest BCUT2D eigenvalue weighted by atomic mass is 9.89. The van der Waals surface area contributed by atoms with Gasteiger partial charge in [0.1, 0.15) is 30.9 Å². The van der Waals surface area contributed by atoms with Crippen LogP contribution in [-0.4, -0.2) is 89.1 Å². The number of ether oxygens (including phenoxy) is 1. The molecule has 2 amide bonds. The highest BCUT2D eigenvalue weighted by Crippen LogP contribution is 2.34. The molecule has 4 fully saturated rings. The molecule has 0 unspecified atom stereocenters. The second kappa shape index (κ2) is 9.99. The van der Waals surface area contributed by atoms with Crippen LogP contribution in [-0.2, 0) is 14.3 Å². The lowest BCUT2D eigenvalue weighted by molar-refractivity contribution is -0.139. The van der Waals surface area contributed by atoms with Crippen molar-refractivity contribution in [2.45, 2.75) is 82.2 Å². The van der Waals surface area contributed by atoms with Crippen LogP contribution < -0.4 is 5.32 Å². The van der Waals surface area contributed by atoms with E-state index < -0.39 is 24.3 Å². The number of piperidine rings is 1. The Morgan fingerprint density at radius 2 is 1.83 bits per heavy atom. The molecule has 8 heteroatoms. The molecular formula is C27H37N3O5. The lowest BCUT2D eigenvalue weighted by Crippen LogP contribution is -2.54. The van der Waals surface area contributed by atoms with Gasteiger partial charge < -0.3 is 25.0 Å². The first kappa shape index (κ1) is 24.4. The number of rotatable bonds is 7. The zero-order valence-corrected chi connectivity index (χ0v) is 20.7. The van der Waals surface area contributed by atoms with Crippen molar-refractivity contribution < 1.29 is 24.2 Å². The first-order chi connectivity index (χ1) is 16.9. The predicted octanol–water partition coefficient (Wildman–Crippen LogP) is 1.71. The average Bonchev–Trinajstić information content (AvgIpc) is 3.58. The molecular weight excluding hydrogens is 446 g/mol. The van der Waals surface area contributed by atoms with Crippen LogP contribution in [0, 0.1) is 5.92 Å². The van der Waals surface area contributed by atoms with E-state index in [-0.39, 0.29) is 36.7 Å². The fraction of sp³-hybridized carbons (Fsp3) is 0.667. The Bertz CT molecular complexity index is 954. The maximum atomic E-state index is 13.5. The number of Topliss-reactive ketones (excluding diaryl/α,β-unsaturated/α-hetero) is 1. The Morgan fingerprint density at radius 3 is 2.46 bits per heavy atom. The normalized spacial score (nSPS) is 29.2. The highest BCUT2D eigenvalue weighted by atomic mass is 16.5. The zero-order valence-electron chi connectivity index (χ0n) is 20.7. The molecule has 35 heavy (non-hydrogen) atoms. The number of fused-ring (bicyclic) bond motifs is 1. The van der Waals surface area contributed by atoms with Crippen molar-refractivity contribution in [1.82, 2.24) is 15.1 Å². The maximum Gasteiger partial charge on any atom is 0.251 e. The van der Waals surface area contributed by atoms with Gasteiger partial charge in [0.05, 0.1) is 6.54 Å². The van der Waals surface area contributed by atoms with Gasteiger partial charge in [-0.2, -0.15) is 0 Å². The van der Waals surface area contributed by atoms with E-state index in [9.17, 15) is 19.5 Å². The summed E-state index contributed by atoms with van der Waals surface area (Å²) in [4.78, 5) is 42.9. The number of nitrogens with zero attached hydrogens (tertiary/aromatic N) is 2. The van der Waals surface area contributed by atoms with Gasteiger partial charge in [0.2, 0.25) is 5.91 Å². The molecule has 1 saturated carbocycles. The number of carbonyl (C=O) groups is 3. The Hall–Kier alpha value is -2.29. The summed E-state index contributed by atoms with van der Waals surface area (Å²) in [7, 11) is 0. The van der Waals surface area contributed by atoms with Crippen LogP contribution in [0.3, 0.4) is 0 Å². The van der Waals surface area contributed by atoms with Crippen LogP contribution in [0.25, 0.3) is 0 Å². The number of amides is 2. The number of aliphatic hydroxyl groups is 1. The molecule has 1 aliphatic carbocycles. The summed E-state index contributed by atoms with van der Waals surface area (Å²) >= 11 is 0. The van der Waals surface area contributed by atoms with Crippen LogP contribution in [0.1, 0.15) is 67.8 Å². The summed E-state index contributed by atoms with van der Waals surface area (Å²) < 4.78 is 5.40. The van der Waals surface area contributed by atoms with E-state index in [1.54, 1.807) is 0 Å². The second-order valence-corrected chi connectivity index (χ2v) is 10.7. The third-order valence-corrected chi connectivity index (χ3v) is 8.44. The van der Waals surface area contributed by atoms with Crippen molar-refractivity contribution in [2.24, 2.45) is 5.92 Å². The second-order valence-electron chi connectivity index (χ2n) is 10.7. The van der Waals surface area contributed by atoms with E-state index in [4.69, 9.17) is 4.74 Å². The third-order valence-electron chi connectivity index (χ3n) is 8.44. The van der Waals surface area contributed by atoms with Gasteiger partial charge in [0.25, 0.3) is 5.91 Å². The SMILES string of the molecule is CC[C@H](C)[C@H](NC(=O)c1ccc(C2CCN(C3CC3)CC2)cc1)C(=O)N1C[C@H](O)[C@H]2OCC(=O)[C@H]21. The number of benzene rings is 1. The summed E-state index contributed by atoms with van der Waals surface area (Å²) in [6, 6.07) is 7.05. The van der Waals surface area contributed by atoms with Gasteiger partial charge in [-0.1, -0.05) is 32.4 Å². The quantitative estimate of drug-likeness (QED) is 0.613. The number of aliphatic hydroxyl groups excluding tert-OH is 1. The molecule has 1 aromatic rings. The first-order valence-corrected chi connectivity index (χ1v) is 13.1. The van der Waals surface area contributed by atoms with Gasteiger partial charge in [0.15, 0.2) is 5.78 Å². The van der Waals surface area contributed by atoms with Crippen molar-refractivity contribution in [1.29, 1.82) is 0 Å². The Labute approximate surface area is 207 Å². The van der Waals surface area contributed by atoms with E-state index in [1.165, 1.54) is 23.3 Å². The zero-order chi connectivity index (χ0) is 24.7. The van der Waals surface area contributed by atoms with Crippen LogP contribution in [0.4, 0.5) is 0 Å². The number of likely N-dealkylation sites (tertiary alicyclic amines) is 2. The van der Waals surface area contributed by atoms with Crippen molar-refractivity contribution >= 4 is 17.6 Å². The van der Waals surface area contributed by atoms with Gasteiger partial charge in [-0.05, 0) is 68.3 Å². The van der Waals surface area contributed by atoms with Gasteiger partial charge in [-0.3, -0.25) is 14.4 Å². The number of hydrogen-bond donors (Lipinski definition) is 2. The third kappa shape index (κ3) is 4.88. The number of β-amino-alcohol motifs (C(OH)–C–C–N with tert-alkyl or cyclic N) is 1. The van der Waals surface area contributed by atoms with E-state index >= 15 is 0 Å². The molecule has 5 atom stereocenters. The summed E-state index contributed by atoms with van der Waals surface area (Å²) in [5.74, 6) is -0.442. The van der Waals surface area contributed by atoms with Crippen LogP contribution in [0.2, 0.25) is 0 Å². The van der Waals surface area contributed by atoms with Crippen molar-refractivity contribution in [3.05, 3.63) is 35.4 Å². The van der Waals surface area contributed by atoms with Gasteiger partial charge in [0, 0.05) is 11.6 Å². The molecule has 0 radical (unpaired) electrons. The van der Waals surface area contributed by atoms with Gasteiger partial charge >= 0.3 is 0 Å². The minimum absolute atomic E-state index is 0.0387. The summed E-state index contributed by atoms with van der Waals surface area (Å²) in [6.07, 6.45) is 4.11. The molecule has 3 heterocycles. The molecule has 1 aromatic carbocycles. The summed E-state index contributed by atoms with van der Waals surface area (Å²) in [5, 5.41) is 13.2. The van der Waals surface area contributed by atoms with Crippen LogP contribution >= 0.6 is 0 Å². The number of carbonyl (C=O) groups excluding carboxylic acids is 3. The topological polar surface area (TPSA) is 99.2 Å². The fourth-order valence-corrected chi connectivity index (χ4v) is 5.89. The Morgan fingerprint density at radius 1 is 1.14 bits per heavy atom. The molecule has 0 bridgehead atoms. The van der Waals surface area contributed by atoms with E-state index in [0.717, 1.165) is 32.0 Å². The molecule has 0 spiro atoms. The summed E-state index contributed by atoms with van der Waals surface area (Å²) in [5.41, 5.74) is 1.79. The number of nitrogens with one attached hydrogen (secondary N) is 1. The van der Waals surface area contributed by atoms with E-state index in [1.807, 2.05) is 38.1 Å². The van der Waals surface area contributed by atoms with Crippen molar-refractivity contribution in [2.75, 3.05) is 26.2 Å². The molecule has 8 nitrogen and oxygen atoms in total. The minimum Gasteiger partial charge on any atom is -0.388 e. The molecule has 3 aliphatic heterocycles. The van der Waals surface area contributed by atoms with Gasteiger partial charge in [-0.15, -0.1) is 0 Å². The smallest absolute Gasteiger partial charge is 0.251 e. The van der Waals surface area contributed by atoms with Crippen LogP contribution in [0.5, 0.6) is 0 Å². The monoisotopic (exact) mass is 483 g/mol. The first-order valence-electron chi connectivity index (χ1n) is 13.1. The highest BCUT2D eigenvalue weighted by molar-refractivity contribution is 5.99. The molecule has 4 aliphatic rings.